The summed E-state index contributed by atoms with van der Waals surface area (Å²) in [4.78, 5) is 0. The standard InChI is InChI=1S/C18H18O/c1-3-18(15(2)17-12-8-5-9-13-17)19-14-16-10-6-4-7-11-16/h1,4-13,15,18H,14H2,2H3. The van der Waals surface area contributed by atoms with Crippen molar-refractivity contribution >= 4 is 0 Å². The van der Waals surface area contributed by atoms with Gasteiger partial charge < -0.3 is 4.74 Å². The molecule has 0 aliphatic carbocycles. The molecule has 2 aromatic rings. The van der Waals surface area contributed by atoms with Crippen molar-refractivity contribution in [2.45, 2.75) is 25.6 Å². The molecular weight excluding hydrogens is 232 g/mol. The van der Waals surface area contributed by atoms with Crippen LogP contribution in [-0.2, 0) is 11.3 Å². The van der Waals surface area contributed by atoms with Crippen LogP contribution < -0.4 is 0 Å². The lowest BCUT2D eigenvalue weighted by Gasteiger charge is -2.20. The van der Waals surface area contributed by atoms with Crippen molar-refractivity contribution in [3.63, 3.8) is 0 Å². The largest absolute Gasteiger partial charge is 0.360 e. The van der Waals surface area contributed by atoms with Gasteiger partial charge in [0.1, 0.15) is 6.10 Å². The summed E-state index contributed by atoms with van der Waals surface area (Å²) in [5.41, 5.74) is 2.35. The van der Waals surface area contributed by atoms with Gasteiger partial charge in [0.2, 0.25) is 0 Å². The summed E-state index contributed by atoms with van der Waals surface area (Å²) in [5.74, 6) is 2.94. The summed E-state index contributed by atoms with van der Waals surface area (Å²) >= 11 is 0. The van der Waals surface area contributed by atoms with Crippen LogP contribution in [0.2, 0.25) is 0 Å². The second-order valence-corrected chi connectivity index (χ2v) is 4.58. The summed E-state index contributed by atoms with van der Waals surface area (Å²) in [7, 11) is 0. The van der Waals surface area contributed by atoms with E-state index < -0.39 is 0 Å². The number of rotatable bonds is 5. The molecule has 2 atom stereocenters. The van der Waals surface area contributed by atoms with Crippen LogP contribution in [0.3, 0.4) is 0 Å². The monoisotopic (exact) mass is 250 g/mol. The fraction of sp³-hybridized carbons (Fsp3) is 0.222. The minimum absolute atomic E-state index is 0.190. The van der Waals surface area contributed by atoms with E-state index in [-0.39, 0.29) is 12.0 Å². The van der Waals surface area contributed by atoms with E-state index in [0.29, 0.717) is 6.61 Å². The first-order valence-corrected chi connectivity index (χ1v) is 6.48. The molecule has 0 aromatic heterocycles. The highest BCUT2D eigenvalue weighted by Crippen LogP contribution is 2.21. The number of ether oxygens (including phenoxy) is 1. The molecule has 1 heteroatoms. The van der Waals surface area contributed by atoms with Crippen LogP contribution >= 0.6 is 0 Å². The first-order valence-electron chi connectivity index (χ1n) is 6.48. The molecule has 0 saturated heterocycles. The smallest absolute Gasteiger partial charge is 0.124 e. The topological polar surface area (TPSA) is 9.23 Å². The van der Waals surface area contributed by atoms with E-state index in [0.717, 1.165) is 5.56 Å². The van der Waals surface area contributed by atoms with E-state index in [2.05, 4.69) is 25.0 Å². The Balaban J connectivity index is 1.99. The Labute approximate surface area is 115 Å². The van der Waals surface area contributed by atoms with E-state index in [9.17, 15) is 0 Å². The van der Waals surface area contributed by atoms with E-state index in [1.807, 2.05) is 48.5 Å². The molecule has 0 spiro atoms. The van der Waals surface area contributed by atoms with Crippen LogP contribution in [0.15, 0.2) is 60.7 Å². The number of hydrogen-bond donors (Lipinski definition) is 0. The summed E-state index contributed by atoms with van der Waals surface area (Å²) < 4.78 is 5.86. The molecule has 2 rings (SSSR count). The van der Waals surface area contributed by atoms with Crippen molar-refractivity contribution in [2.75, 3.05) is 0 Å². The summed E-state index contributed by atoms with van der Waals surface area (Å²) in [6, 6.07) is 20.3. The van der Waals surface area contributed by atoms with Gasteiger partial charge in [0.25, 0.3) is 0 Å². The highest BCUT2D eigenvalue weighted by Gasteiger charge is 2.17. The zero-order valence-electron chi connectivity index (χ0n) is 11.1. The highest BCUT2D eigenvalue weighted by molar-refractivity contribution is 5.23. The lowest BCUT2D eigenvalue weighted by atomic mass is 9.96. The zero-order chi connectivity index (χ0) is 13.5. The van der Waals surface area contributed by atoms with Crippen molar-refractivity contribution in [3.05, 3.63) is 71.8 Å². The summed E-state index contributed by atoms with van der Waals surface area (Å²) in [6.45, 7) is 2.65. The van der Waals surface area contributed by atoms with Crippen molar-refractivity contribution in [3.8, 4) is 12.3 Å². The average Bonchev–Trinajstić information content (AvgIpc) is 2.49. The van der Waals surface area contributed by atoms with Gasteiger partial charge in [-0.15, -0.1) is 6.42 Å². The Morgan fingerprint density at radius 2 is 1.58 bits per heavy atom. The maximum atomic E-state index is 5.86. The Bertz CT molecular complexity index is 525. The number of terminal acetylenes is 1. The molecule has 0 bridgehead atoms. The second kappa shape index (κ2) is 6.78. The molecule has 0 saturated carbocycles. The predicted molar refractivity (Wildman–Crippen MR) is 78.7 cm³/mol. The fourth-order valence-electron chi connectivity index (χ4n) is 2.03. The number of benzene rings is 2. The lowest BCUT2D eigenvalue weighted by Crippen LogP contribution is -2.18. The van der Waals surface area contributed by atoms with Crippen LogP contribution in [0.5, 0.6) is 0 Å². The molecule has 0 fully saturated rings. The minimum atomic E-state index is -0.206. The molecular formula is C18H18O. The van der Waals surface area contributed by atoms with E-state index in [1.165, 1.54) is 5.56 Å². The molecule has 1 nitrogen and oxygen atoms in total. The molecule has 2 unspecified atom stereocenters. The molecule has 0 aliphatic heterocycles. The molecule has 2 aromatic carbocycles. The second-order valence-electron chi connectivity index (χ2n) is 4.58. The summed E-state index contributed by atoms with van der Waals surface area (Å²) in [6.07, 6.45) is 5.39. The van der Waals surface area contributed by atoms with Crippen molar-refractivity contribution in [2.24, 2.45) is 0 Å². The first-order chi connectivity index (χ1) is 9.31. The maximum absolute atomic E-state index is 5.86. The van der Waals surface area contributed by atoms with Gasteiger partial charge in [0.05, 0.1) is 6.61 Å². The Morgan fingerprint density at radius 1 is 1.00 bits per heavy atom. The quantitative estimate of drug-likeness (QED) is 0.729. The van der Waals surface area contributed by atoms with Crippen LogP contribution in [-0.4, -0.2) is 6.10 Å². The fourth-order valence-corrected chi connectivity index (χ4v) is 2.03. The van der Waals surface area contributed by atoms with Gasteiger partial charge in [-0.3, -0.25) is 0 Å². The van der Waals surface area contributed by atoms with Crippen LogP contribution in [0.1, 0.15) is 24.0 Å². The highest BCUT2D eigenvalue weighted by atomic mass is 16.5. The van der Waals surface area contributed by atoms with E-state index >= 15 is 0 Å². The minimum Gasteiger partial charge on any atom is -0.360 e. The Morgan fingerprint density at radius 3 is 2.16 bits per heavy atom. The van der Waals surface area contributed by atoms with Gasteiger partial charge in [-0.1, -0.05) is 73.5 Å². The molecule has 19 heavy (non-hydrogen) atoms. The third-order valence-corrected chi connectivity index (χ3v) is 3.22. The molecule has 0 aliphatic rings. The van der Waals surface area contributed by atoms with Gasteiger partial charge in [0.15, 0.2) is 0 Å². The maximum Gasteiger partial charge on any atom is 0.124 e. The molecule has 96 valence electrons. The van der Waals surface area contributed by atoms with Gasteiger partial charge in [-0.25, -0.2) is 0 Å². The average molecular weight is 250 g/mol. The Hall–Kier alpha value is -2.04. The summed E-state index contributed by atoms with van der Waals surface area (Å²) in [5, 5.41) is 0. The normalized spacial score (nSPS) is 13.5. The van der Waals surface area contributed by atoms with Gasteiger partial charge in [-0.05, 0) is 11.1 Å². The van der Waals surface area contributed by atoms with E-state index in [1.54, 1.807) is 0 Å². The third kappa shape index (κ3) is 3.71. The van der Waals surface area contributed by atoms with Gasteiger partial charge in [-0.2, -0.15) is 0 Å². The molecule has 0 amide bonds. The number of hydrogen-bond acceptors (Lipinski definition) is 1. The van der Waals surface area contributed by atoms with Crippen LogP contribution in [0.25, 0.3) is 0 Å². The van der Waals surface area contributed by atoms with E-state index in [4.69, 9.17) is 11.2 Å². The SMILES string of the molecule is C#CC(OCc1ccccc1)C(C)c1ccccc1. The van der Waals surface area contributed by atoms with Crippen molar-refractivity contribution in [1.29, 1.82) is 0 Å². The first kappa shape index (κ1) is 13.4. The zero-order valence-corrected chi connectivity index (χ0v) is 11.1. The third-order valence-electron chi connectivity index (χ3n) is 3.22. The van der Waals surface area contributed by atoms with Crippen molar-refractivity contribution < 1.29 is 4.74 Å². The Kier molecular flexibility index (Phi) is 4.78. The molecule has 0 heterocycles. The van der Waals surface area contributed by atoms with Gasteiger partial charge in [0, 0.05) is 5.92 Å². The predicted octanol–water partition coefficient (Wildman–Crippen LogP) is 4.01. The lowest BCUT2D eigenvalue weighted by molar-refractivity contribution is 0.0637. The van der Waals surface area contributed by atoms with Crippen molar-refractivity contribution in [1.82, 2.24) is 0 Å². The van der Waals surface area contributed by atoms with Crippen LogP contribution in [0.4, 0.5) is 0 Å². The van der Waals surface area contributed by atoms with Gasteiger partial charge >= 0.3 is 0 Å². The van der Waals surface area contributed by atoms with Crippen LogP contribution in [0, 0.1) is 12.3 Å². The molecule has 0 N–H and O–H groups in total. The molecule has 0 radical (unpaired) electrons.